The standard InChI is InChI=1S/C10H18O4.Na/c1-9(2,3)7(11)13-14-8(12)10(4,5)6;/h1-6H3;. The van der Waals surface area contributed by atoms with Crippen LogP contribution in [0.25, 0.3) is 0 Å². The summed E-state index contributed by atoms with van der Waals surface area (Å²) in [6.07, 6.45) is 0. The van der Waals surface area contributed by atoms with Crippen LogP contribution in [0.15, 0.2) is 0 Å². The Balaban J connectivity index is 0. The van der Waals surface area contributed by atoms with Crippen molar-refractivity contribution in [3.05, 3.63) is 0 Å². The van der Waals surface area contributed by atoms with Gasteiger partial charge in [0.05, 0.1) is 10.8 Å². The molecule has 0 unspecified atom stereocenters. The molecule has 0 heterocycles. The Bertz CT molecular complexity index is 209. The quantitative estimate of drug-likeness (QED) is 0.357. The first-order valence-electron chi connectivity index (χ1n) is 4.48. The van der Waals surface area contributed by atoms with Crippen molar-refractivity contribution in [1.82, 2.24) is 0 Å². The van der Waals surface area contributed by atoms with E-state index in [1.165, 1.54) is 0 Å². The van der Waals surface area contributed by atoms with Crippen LogP contribution in [0.2, 0.25) is 0 Å². The first-order chi connectivity index (χ1) is 6.05. The Morgan fingerprint density at radius 1 is 0.733 bits per heavy atom. The van der Waals surface area contributed by atoms with Crippen molar-refractivity contribution < 1.29 is 19.4 Å². The predicted octanol–water partition coefficient (Wildman–Crippen LogP) is 1.70. The van der Waals surface area contributed by atoms with Gasteiger partial charge in [-0.25, -0.2) is 19.4 Å². The molecule has 0 aromatic rings. The minimum atomic E-state index is -0.668. The molecule has 0 aromatic heterocycles. The summed E-state index contributed by atoms with van der Waals surface area (Å²) in [7, 11) is 0. The third kappa shape index (κ3) is 6.93. The Morgan fingerprint density at radius 3 is 1.07 bits per heavy atom. The summed E-state index contributed by atoms with van der Waals surface area (Å²) in [5, 5.41) is 0. The predicted molar refractivity (Wildman–Crippen MR) is 56.8 cm³/mol. The minimum absolute atomic E-state index is 0. The first kappa shape index (κ1) is 17.3. The zero-order chi connectivity index (χ0) is 11.6. The van der Waals surface area contributed by atoms with E-state index in [-0.39, 0.29) is 29.6 Å². The summed E-state index contributed by atoms with van der Waals surface area (Å²) in [5.41, 5.74) is -1.34. The molecule has 0 saturated heterocycles. The molecule has 5 heteroatoms. The van der Waals surface area contributed by atoms with Crippen molar-refractivity contribution in [3.63, 3.8) is 0 Å². The average Bonchev–Trinajstić information content (AvgIpc) is 1.95. The van der Waals surface area contributed by atoms with Crippen LogP contribution in [0, 0.1) is 10.8 Å². The Hall–Kier alpha value is -0.0600. The van der Waals surface area contributed by atoms with E-state index in [0.717, 1.165) is 0 Å². The van der Waals surface area contributed by atoms with Crippen molar-refractivity contribution in [2.45, 2.75) is 41.5 Å². The molecule has 0 atom stereocenters. The molecule has 0 aromatic carbocycles. The van der Waals surface area contributed by atoms with E-state index in [4.69, 9.17) is 0 Å². The molecule has 0 aliphatic heterocycles. The molecule has 0 bridgehead atoms. The summed E-state index contributed by atoms with van der Waals surface area (Å²) in [6.45, 7) is 10.1. The smallest absolute Gasteiger partial charge is 0.247 e. The molecule has 0 N–H and O–H groups in total. The fourth-order valence-electron chi connectivity index (χ4n) is 0.326. The van der Waals surface area contributed by atoms with Gasteiger partial charge in [0.25, 0.3) is 0 Å². The molecule has 1 radical (unpaired) electrons. The van der Waals surface area contributed by atoms with Gasteiger partial charge in [0, 0.05) is 29.6 Å². The van der Waals surface area contributed by atoms with E-state index in [1.54, 1.807) is 41.5 Å². The van der Waals surface area contributed by atoms with Crippen molar-refractivity contribution in [2.75, 3.05) is 0 Å². The maximum atomic E-state index is 11.2. The van der Waals surface area contributed by atoms with Gasteiger partial charge < -0.3 is 0 Å². The zero-order valence-corrected chi connectivity index (χ0v) is 12.6. The molecule has 0 rings (SSSR count). The van der Waals surface area contributed by atoms with Gasteiger partial charge in [-0.1, -0.05) is 0 Å². The minimum Gasteiger partial charge on any atom is -0.247 e. The molecule has 0 aliphatic rings. The maximum absolute atomic E-state index is 11.2. The summed E-state index contributed by atoms with van der Waals surface area (Å²) >= 11 is 0. The van der Waals surface area contributed by atoms with Gasteiger partial charge >= 0.3 is 11.9 Å². The number of carbonyl (C=O) groups is 2. The van der Waals surface area contributed by atoms with E-state index in [9.17, 15) is 9.59 Å². The SMILES string of the molecule is CC(C)(C)C(=O)OOC(=O)C(C)(C)C.[Na]. The van der Waals surface area contributed by atoms with Crippen molar-refractivity contribution in [2.24, 2.45) is 10.8 Å². The van der Waals surface area contributed by atoms with Crippen LogP contribution < -0.4 is 0 Å². The van der Waals surface area contributed by atoms with E-state index in [1.807, 2.05) is 0 Å². The van der Waals surface area contributed by atoms with Gasteiger partial charge in [-0.05, 0) is 41.5 Å². The van der Waals surface area contributed by atoms with Crippen molar-refractivity contribution >= 4 is 41.5 Å². The van der Waals surface area contributed by atoms with Crippen LogP contribution in [-0.4, -0.2) is 41.5 Å². The van der Waals surface area contributed by atoms with E-state index in [2.05, 4.69) is 9.78 Å². The number of hydrogen-bond donors (Lipinski definition) is 0. The molecule has 0 spiro atoms. The third-order valence-corrected chi connectivity index (χ3v) is 1.42. The van der Waals surface area contributed by atoms with E-state index < -0.39 is 22.8 Å². The Kier molecular flexibility index (Phi) is 6.79. The topological polar surface area (TPSA) is 52.6 Å². The fraction of sp³-hybridized carbons (Fsp3) is 0.800. The molecular formula is C10H18NaO4. The summed E-state index contributed by atoms with van der Waals surface area (Å²) in [5.74, 6) is -1.12. The van der Waals surface area contributed by atoms with Crippen LogP contribution in [0.5, 0.6) is 0 Å². The Labute approximate surface area is 113 Å². The van der Waals surface area contributed by atoms with Gasteiger partial charge in [-0.2, -0.15) is 0 Å². The number of hydrogen-bond acceptors (Lipinski definition) is 4. The molecule has 0 aliphatic carbocycles. The molecular weight excluding hydrogens is 207 g/mol. The second-order valence-electron chi connectivity index (χ2n) is 5.24. The van der Waals surface area contributed by atoms with Crippen LogP contribution in [-0.2, 0) is 19.4 Å². The number of rotatable bonds is 0. The number of carbonyl (C=O) groups excluding carboxylic acids is 2. The summed E-state index contributed by atoms with van der Waals surface area (Å²) in [4.78, 5) is 31.2. The van der Waals surface area contributed by atoms with E-state index >= 15 is 0 Å². The zero-order valence-electron chi connectivity index (χ0n) is 10.6. The molecule has 4 nitrogen and oxygen atoms in total. The second-order valence-corrected chi connectivity index (χ2v) is 5.24. The molecule has 0 amide bonds. The monoisotopic (exact) mass is 225 g/mol. The second kappa shape index (κ2) is 5.87. The maximum Gasteiger partial charge on any atom is 0.360 e. The largest absolute Gasteiger partial charge is 0.360 e. The summed E-state index contributed by atoms with van der Waals surface area (Å²) in [6, 6.07) is 0. The normalized spacial score (nSPS) is 11.3. The van der Waals surface area contributed by atoms with Gasteiger partial charge in [0.2, 0.25) is 0 Å². The van der Waals surface area contributed by atoms with Gasteiger partial charge in [0.15, 0.2) is 0 Å². The van der Waals surface area contributed by atoms with Crippen molar-refractivity contribution in [3.8, 4) is 0 Å². The molecule has 83 valence electrons. The van der Waals surface area contributed by atoms with E-state index in [0.29, 0.717) is 0 Å². The van der Waals surface area contributed by atoms with Crippen LogP contribution in [0.4, 0.5) is 0 Å². The van der Waals surface area contributed by atoms with Crippen LogP contribution >= 0.6 is 0 Å². The van der Waals surface area contributed by atoms with Gasteiger partial charge in [-0.15, -0.1) is 0 Å². The molecule has 15 heavy (non-hydrogen) atoms. The fourth-order valence-corrected chi connectivity index (χ4v) is 0.326. The van der Waals surface area contributed by atoms with Crippen LogP contribution in [0.3, 0.4) is 0 Å². The first-order valence-corrected chi connectivity index (χ1v) is 4.48. The third-order valence-electron chi connectivity index (χ3n) is 1.42. The van der Waals surface area contributed by atoms with Crippen LogP contribution in [0.1, 0.15) is 41.5 Å². The van der Waals surface area contributed by atoms with Gasteiger partial charge in [0.1, 0.15) is 0 Å². The summed E-state index contributed by atoms with van der Waals surface area (Å²) < 4.78 is 0. The molecule has 0 fully saturated rings. The Morgan fingerprint density at radius 2 is 0.933 bits per heavy atom. The average molecular weight is 225 g/mol. The van der Waals surface area contributed by atoms with Gasteiger partial charge in [-0.3, -0.25) is 0 Å². The van der Waals surface area contributed by atoms with Crippen molar-refractivity contribution in [1.29, 1.82) is 0 Å². The molecule has 0 saturated carbocycles.